The number of nitro benzene ring substituents is 1. The first-order valence-corrected chi connectivity index (χ1v) is 9.70. The SMILES string of the molecule is O=C(O)NCC1CCN(CC2CCN(c3ccc([N+](=O)[O-])cc3)CC2)CC1. The summed E-state index contributed by atoms with van der Waals surface area (Å²) in [5.74, 6) is 1.15. The largest absolute Gasteiger partial charge is 0.465 e. The standard InChI is InChI=1S/C19H28N4O4/c24-19(25)20-13-15-5-9-21(10-6-15)14-16-7-11-22(12-8-16)17-1-3-18(4-2-17)23(26)27/h1-4,15-16,20H,5-14H2,(H,24,25). The zero-order chi connectivity index (χ0) is 19.2. The second-order valence-corrected chi connectivity index (χ2v) is 7.63. The minimum atomic E-state index is -0.933. The van der Waals surface area contributed by atoms with Gasteiger partial charge in [-0.3, -0.25) is 10.1 Å². The molecule has 0 atom stereocenters. The Labute approximate surface area is 159 Å². The molecule has 2 aliphatic heterocycles. The molecule has 2 N–H and O–H groups in total. The van der Waals surface area contributed by atoms with Gasteiger partial charge in [0.15, 0.2) is 0 Å². The highest BCUT2D eigenvalue weighted by atomic mass is 16.6. The third kappa shape index (κ3) is 5.56. The topological polar surface area (TPSA) is 99.0 Å². The number of carboxylic acid groups (broad SMARTS) is 1. The lowest BCUT2D eigenvalue weighted by atomic mass is 9.92. The average Bonchev–Trinajstić information content (AvgIpc) is 2.68. The molecule has 2 heterocycles. The zero-order valence-electron chi connectivity index (χ0n) is 15.5. The third-order valence-electron chi connectivity index (χ3n) is 5.81. The summed E-state index contributed by atoms with van der Waals surface area (Å²) < 4.78 is 0. The Morgan fingerprint density at radius 1 is 1.07 bits per heavy atom. The number of likely N-dealkylation sites (tertiary alicyclic amines) is 1. The van der Waals surface area contributed by atoms with Crippen LogP contribution in [0.4, 0.5) is 16.2 Å². The third-order valence-corrected chi connectivity index (χ3v) is 5.81. The highest BCUT2D eigenvalue weighted by Gasteiger charge is 2.25. The number of piperidine rings is 2. The Morgan fingerprint density at radius 2 is 1.67 bits per heavy atom. The number of hydrogen-bond acceptors (Lipinski definition) is 5. The molecule has 0 radical (unpaired) electrons. The predicted molar refractivity (Wildman–Crippen MR) is 103 cm³/mol. The number of hydrogen-bond donors (Lipinski definition) is 2. The Kier molecular flexibility index (Phi) is 6.49. The van der Waals surface area contributed by atoms with Gasteiger partial charge in [0.25, 0.3) is 5.69 Å². The van der Waals surface area contributed by atoms with Crippen molar-refractivity contribution >= 4 is 17.5 Å². The van der Waals surface area contributed by atoms with Crippen molar-refractivity contribution in [1.29, 1.82) is 0 Å². The van der Waals surface area contributed by atoms with Gasteiger partial charge < -0.3 is 20.2 Å². The highest BCUT2D eigenvalue weighted by Crippen LogP contribution is 2.27. The van der Waals surface area contributed by atoms with E-state index in [-0.39, 0.29) is 10.6 Å². The van der Waals surface area contributed by atoms with E-state index in [1.165, 1.54) is 0 Å². The molecule has 0 unspecified atom stereocenters. The first kappa shape index (κ1) is 19.4. The summed E-state index contributed by atoms with van der Waals surface area (Å²) >= 11 is 0. The van der Waals surface area contributed by atoms with Gasteiger partial charge in [0.1, 0.15) is 0 Å². The molecule has 8 heteroatoms. The van der Waals surface area contributed by atoms with Crippen LogP contribution in [0.15, 0.2) is 24.3 Å². The lowest BCUT2D eigenvalue weighted by Crippen LogP contribution is -2.43. The fraction of sp³-hybridized carbons (Fsp3) is 0.632. The molecular weight excluding hydrogens is 348 g/mol. The van der Waals surface area contributed by atoms with Crippen molar-refractivity contribution in [2.45, 2.75) is 25.7 Å². The van der Waals surface area contributed by atoms with E-state index in [1.807, 2.05) is 12.1 Å². The maximum Gasteiger partial charge on any atom is 0.404 e. The van der Waals surface area contributed by atoms with Crippen LogP contribution in [0.5, 0.6) is 0 Å². The Hall–Kier alpha value is -2.35. The highest BCUT2D eigenvalue weighted by molar-refractivity contribution is 5.64. The van der Waals surface area contributed by atoms with Crippen LogP contribution in [-0.2, 0) is 0 Å². The number of nitrogens with zero attached hydrogens (tertiary/aromatic N) is 3. The lowest BCUT2D eigenvalue weighted by molar-refractivity contribution is -0.384. The van der Waals surface area contributed by atoms with Crippen LogP contribution in [0.3, 0.4) is 0 Å². The van der Waals surface area contributed by atoms with E-state index in [4.69, 9.17) is 5.11 Å². The van der Waals surface area contributed by atoms with Crippen molar-refractivity contribution in [3.8, 4) is 0 Å². The molecule has 0 saturated carbocycles. The van der Waals surface area contributed by atoms with E-state index >= 15 is 0 Å². The Morgan fingerprint density at radius 3 is 2.22 bits per heavy atom. The number of rotatable bonds is 6. The van der Waals surface area contributed by atoms with E-state index in [2.05, 4.69) is 15.1 Å². The molecule has 0 aliphatic carbocycles. The van der Waals surface area contributed by atoms with Crippen LogP contribution in [0.25, 0.3) is 0 Å². The Balaban J connectivity index is 1.38. The second kappa shape index (κ2) is 9.03. The summed E-state index contributed by atoms with van der Waals surface area (Å²) in [7, 11) is 0. The van der Waals surface area contributed by atoms with E-state index in [0.29, 0.717) is 18.4 Å². The van der Waals surface area contributed by atoms with Crippen LogP contribution in [0.2, 0.25) is 0 Å². The average molecular weight is 376 g/mol. The summed E-state index contributed by atoms with van der Waals surface area (Å²) in [4.78, 5) is 25.8. The second-order valence-electron chi connectivity index (χ2n) is 7.63. The summed E-state index contributed by atoms with van der Waals surface area (Å²) in [5.41, 5.74) is 1.20. The predicted octanol–water partition coefficient (Wildman–Crippen LogP) is 2.79. The van der Waals surface area contributed by atoms with Crippen LogP contribution >= 0.6 is 0 Å². The van der Waals surface area contributed by atoms with Crippen LogP contribution in [0.1, 0.15) is 25.7 Å². The van der Waals surface area contributed by atoms with Gasteiger partial charge >= 0.3 is 6.09 Å². The maximum atomic E-state index is 10.8. The number of benzene rings is 1. The van der Waals surface area contributed by atoms with Crippen molar-refractivity contribution in [3.05, 3.63) is 34.4 Å². The van der Waals surface area contributed by atoms with E-state index in [9.17, 15) is 14.9 Å². The minimum absolute atomic E-state index is 0.135. The molecule has 3 rings (SSSR count). The van der Waals surface area contributed by atoms with E-state index in [1.54, 1.807) is 12.1 Å². The summed E-state index contributed by atoms with van der Waals surface area (Å²) in [5, 5.41) is 22.0. The van der Waals surface area contributed by atoms with Gasteiger partial charge in [-0.1, -0.05) is 0 Å². The normalized spacial score (nSPS) is 19.8. The van der Waals surface area contributed by atoms with Crippen molar-refractivity contribution in [2.24, 2.45) is 11.8 Å². The zero-order valence-corrected chi connectivity index (χ0v) is 15.5. The van der Waals surface area contributed by atoms with Crippen LogP contribution in [-0.4, -0.2) is 60.3 Å². The molecule has 27 heavy (non-hydrogen) atoms. The maximum absolute atomic E-state index is 10.8. The van der Waals surface area contributed by atoms with Gasteiger partial charge in [-0.15, -0.1) is 0 Å². The fourth-order valence-electron chi connectivity index (χ4n) is 4.13. The molecule has 0 bridgehead atoms. The van der Waals surface area contributed by atoms with E-state index in [0.717, 1.165) is 64.1 Å². The molecular formula is C19H28N4O4. The van der Waals surface area contributed by atoms with Crippen LogP contribution < -0.4 is 10.2 Å². The number of amides is 1. The molecule has 8 nitrogen and oxygen atoms in total. The minimum Gasteiger partial charge on any atom is -0.465 e. The molecule has 2 saturated heterocycles. The number of nitro groups is 1. The molecule has 148 valence electrons. The Bertz CT molecular complexity index is 636. The van der Waals surface area contributed by atoms with Crippen molar-refractivity contribution < 1.29 is 14.8 Å². The van der Waals surface area contributed by atoms with Crippen LogP contribution in [0, 0.1) is 22.0 Å². The molecule has 0 aromatic heterocycles. The lowest BCUT2D eigenvalue weighted by Gasteiger charge is -2.38. The van der Waals surface area contributed by atoms with Gasteiger partial charge in [-0.25, -0.2) is 4.79 Å². The smallest absolute Gasteiger partial charge is 0.404 e. The van der Waals surface area contributed by atoms with Gasteiger partial charge in [0.05, 0.1) is 4.92 Å². The number of nitrogens with one attached hydrogen (secondary N) is 1. The summed E-state index contributed by atoms with van der Waals surface area (Å²) in [6, 6.07) is 6.83. The molecule has 1 amide bonds. The number of carbonyl (C=O) groups is 1. The number of non-ortho nitro benzene ring substituents is 1. The van der Waals surface area contributed by atoms with E-state index < -0.39 is 6.09 Å². The van der Waals surface area contributed by atoms with Gasteiger partial charge in [-0.2, -0.15) is 0 Å². The van der Waals surface area contributed by atoms with Gasteiger partial charge in [-0.05, 0) is 62.7 Å². The molecule has 1 aromatic rings. The van der Waals surface area contributed by atoms with Crippen molar-refractivity contribution in [2.75, 3.05) is 44.2 Å². The fourth-order valence-corrected chi connectivity index (χ4v) is 4.13. The monoisotopic (exact) mass is 376 g/mol. The van der Waals surface area contributed by atoms with Gasteiger partial charge in [0.2, 0.25) is 0 Å². The number of anilines is 1. The molecule has 1 aromatic carbocycles. The molecule has 2 fully saturated rings. The molecule has 0 spiro atoms. The van der Waals surface area contributed by atoms with Gasteiger partial charge in [0, 0.05) is 44.0 Å². The summed E-state index contributed by atoms with van der Waals surface area (Å²) in [6.45, 7) is 5.76. The quantitative estimate of drug-likeness (QED) is 0.585. The first-order chi connectivity index (χ1) is 13.0. The first-order valence-electron chi connectivity index (χ1n) is 9.70. The summed E-state index contributed by atoms with van der Waals surface area (Å²) in [6.07, 6.45) is 3.45. The molecule has 2 aliphatic rings. The van der Waals surface area contributed by atoms with Crippen molar-refractivity contribution in [1.82, 2.24) is 10.2 Å². The van der Waals surface area contributed by atoms with Crippen molar-refractivity contribution in [3.63, 3.8) is 0 Å².